The van der Waals surface area contributed by atoms with Crippen LogP contribution in [0.2, 0.25) is 6.32 Å². The zero-order valence-electron chi connectivity index (χ0n) is 14.7. The molecule has 1 aliphatic rings. The fourth-order valence-electron chi connectivity index (χ4n) is 3.40. The highest BCUT2D eigenvalue weighted by Gasteiger charge is 2.32. The molecule has 2 radical (unpaired) electrons. The van der Waals surface area contributed by atoms with Gasteiger partial charge in [0.15, 0.2) is 0 Å². The van der Waals surface area contributed by atoms with E-state index in [1.165, 1.54) is 0 Å². The molecule has 2 nitrogen and oxygen atoms in total. The molecule has 1 aromatic carbocycles. The molecule has 0 aromatic heterocycles. The Balaban J connectivity index is 1.56. The van der Waals surface area contributed by atoms with Crippen LogP contribution in [0.1, 0.15) is 49.7 Å². The van der Waals surface area contributed by atoms with Gasteiger partial charge in [0.05, 0.1) is 13.4 Å². The molecule has 0 aliphatic heterocycles. The van der Waals surface area contributed by atoms with Crippen LogP contribution in [0, 0.1) is 5.92 Å². The Labute approximate surface area is 150 Å². The Morgan fingerprint density at radius 1 is 1.12 bits per heavy atom. The van der Waals surface area contributed by atoms with Crippen molar-refractivity contribution in [1.82, 2.24) is 5.32 Å². The highest BCUT2D eigenvalue weighted by atomic mass is 19.4. The molecule has 1 aliphatic carbocycles. The van der Waals surface area contributed by atoms with Crippen LogP contribution in [0.15, 0.2) is 24.3 Å². The molecule has 1 unspecified atom stereocenters. The van der Waals surface area contributed by atoms with Crippen LogP contribution < -0.4 is 11.1 Å². The van der Waals surface area contributed by atoms with Gasteiger partial charge in [-0.25, -0.2) is 0 Å². The smallest absolute Gasteiger partial charge is 0.327 e. The minimum Gasteiger partial charge on any atom is -0.327 e. The van der Waals surface area contributed by atoms with Crippen molar-refractivity contribution >= 4 is 7.85 Å². The van der Waals surface area contributed by atoms with Crippen molar-refractivity contribution in [2.75, 3.05) is 6.54 Å². The topological polar surface area (TPSA) is 38.0 Å². The second-order valence-corrected chi connectivity index (χ2v) is 7.13. The number of aryl methyl sites for hydroxylation is 1. The first-order chi connectivity index (χ1) is 11.9. The van der Waals surface area contributed by atoms with E-state index in [1.807, 2.05) is 0 Å². The summed E-state index contributed by atoms with van der Waals surface area (Å²) in [7, 11) is 5.50. The van der Waals surface area contributed by atoms with Crippen LogP contribution in [-0.2, 0) is 12.6 Å². The van der Waals surface area contributed by atoms with Crippen LogP contribution in [0.25, 0.3) is 0 Å². The van der Waals surface area contributed by atoms with Gasteiger partial charge >= 0.3 is 6.18 Å². The highest BCUT2D eigenvalue weighted by Crippen LogP contribution is 2.31. The molecule has 138 valence electrons. The maximum atomic E-state index is 12.5. The van der Waals surface area contributed by atoms with Crippen molar-refractivity contribution in [3.8, 4) is 0 Å². The Morgan fingerprint density at radius 2 is 1.80 bits per heavy atom. The molecule has 6 heteroatoms. The van der Waals surface area contributed by atoms with Gasteiger partial charge in [-0.3, -0.25) is 0 Å². The van der Waals surface area contributed by atoms with Crippen molar-refractivity contribution in [2.24, 2.45) is 11.7 Å². The maximum absolute atomic E-state index is 12.5. The first kappa shape index (κ1) is 20.3. The van der Waals surface area contributed by atoms with E-state index >= 15 is 0 Å². The standard InChI is InChI=1S/C19H28BF3N2/c20-10-2-1-5-18(24)15-12-17(13-15)25-11-3-4-14-6-8-16(9-7-14)19(21,22)23/h6-9,15,17-18,25H,1-5,10-13,24H2. The molecule has 3 N–H and O–H groups in total. The molecule has 1 saturated carbocycles. The van der Waals surface area contributed by atoms with Gasteiger partial charge in [0.25, 0.3) is 0 Å². The van der Waals surface area contributed by atoms with E-state index in [9.17, 15) is 13.2 Å². The van der Waals surface area contributed by atoms with Crippen LogP contribution in [0.3, 0.4) is 0 Å². The van der Waals surface area contributed by atoms with E-state index in [2.05, 4.69) is 5.32 Å². The van der Waals surface area contributed by atoms with E-state index in [0.29, 0.717) is 12.0 Å². The lowest BCUT2D eigenvalue weighted by atomic mass is 9.74. The maximum Gasteiger partial charge on any atom is 0.416 e. The second-order valence-electron chi connectivity index (χ2n) is 7.13. The Kier molecular flexibility index (Phi) is 7.82. The van der Waals surface area contributed by atoms with E-state index in [-0.39, 0.29) is 6.04 Å². The molecule has 0 heterocycles. The number of nitrogens with one attached hydrogen (secondary N) is 1. The van der Waals surface area contributed by atoms with Gasteiger partial charge in [-0.2, -0.15) is 13.2 Å². The number of hydrogen-bond acceptors (Lipinski definition) is 2. The van der Waals surface area contributed by atoms with Crippen molar-refractivity contribution in [3.63, 3.8) is 0 Å². The predicted molar refractivity (Wildman–Crippen MR) is 96.7 cm³/mol. The predicted octanol–water partition coefficient (Wildman–Crippen LogP) is 4.09. The first-order valence-corrected chi connectivity index (χ1v) is 9.25. The van der Waals surface area contributed by atoms with Gasteiger partial charge in [-0.15, -0.1) is 0 Å². The largest absolute Gasteiger partial charge is 0.416 e. The molecule has 0 saturated heterocycles. The van der Waals surface area contributed by atoms with Crippen molar-refractivity contribution in [2.45, 2.75) is 69.5 Å². The van der Waals surface area contributed by atoms with Crippen LogP contribution in [0.5, 0.6) is 0 Å². The monoisotopic (exact) mass is 352 g/mol. The number of alkyl halides is 3. The van der Waals surface area contributed by atoms with Gasteiger partial charge < -0.3 is 11.1 Å². The third-order valence-electron chi connectivity index (χ3n) is 5.13. The lowest BCUT2D eigenvalue weighted by molar-refractivity contribution is -0.137. The number of rotatable bonds is 10. The zero-order chi connectivity index (χ0) is 18.3. The number of halogens is 3. The number of benzene rings is 1. The quantitative estimate of drug-likeness (QED) is 0.492. The van der Waals surface area contributed by atoms with E-state index in [0.717, 1.165) is 75.5 Å². The van der Waals surface area contributed by atoms with E-state index in [4.69, 9.17) is 13.6 Å². The van der Waals surface area contributed by atoms with Crippen LogP contribution >= 0.6 is 0 Å². The Hall–Kier alpha value is -1.01. The average molecular weight is 352 g/mol. The zero-order valence-corrected chi connectivity index (χ0v) is 14.7. The minimum absolute atomic E-state index is 0.289. The lowest BCUT2D eigenvalue weighted by Gasteiger charge is -2.39. The molecule has 25 heavy (non-hydrogen) atoms. The highest BCUT2D eigenvalue weighted by molar-refractivity contribution is 6.08. The van der Waals surface area contributed by atoms with Crippen molar-refractivity contribution in [3.05, 3.63) is 35.4 Å². The molecule has 1 aromatic rings. The fourth-order valence-corrected chi connectivity index (χ4v) is 3.40. The van der Waals surface area contributed by atoms with Crippen molar-refractivity contribution in [1.29, 1.82) is 0 Å². The first-order valence-electron chi connectivity index (χ1n) is 9.25. The summed E-state index contributed by atoms with van der Waals surface area (Å²) >= 11 is 0. The Morgan fingerprint density at radius 3 is 2.40 bits per heavy atom. The Bertz CT molecular complexity index is 498. The lowest BCUT2D eigenvalue weighted by Crippen LogP contribution is -2.48. The molecule has 0 bridgehead atoms. The summed E-state index contributed by atoms with van der Waals surface area (Å²) in [5.74, 6) is 0.616. The van der Waals surface area contributed by atoms with Gasteiger partial charge in [-0.05, 0) is 62.3 Å². The summed E-state index contributed by atoms with van der Waals surface area (Å²) in [4.78, 5) is 0. The molecule has 0 amide bonds. The summed E-state index contributed by atoms with van der Waals surface area (Å²) in [6.45, 7) is 0.890. The fraction of sp³-hybridized carbons (Fsp3) is 0.684. The molecule has 2 rings (SSSR count). The minimum atomic E-state index is -4.26. The third-order valence-corrected chi connectivity index (χ3v) is 5.13. The number of nitrogens with two attached hydrogens (primary N) is 1. The van der Waals surface area contributed by atoms with Crippen LogP contribution in [0.4, 0.5) is 13.2 Å². The van der Waals surface area contributed by atoms with Gasteiger partial charge in [-0.1, -0.05) is 31.3 Å². The second kappa shape index (κ2) is 9.63. The summed E-state index contributed by atoms with van der Waals surface area (Å²) < 4.78 is 37.5. The van der Waals surface area contributed by atoms with E-state index in [1.54, 1.807) is 12.1 Å². The summed E-state index contributed by atoms with van der Waals surface area (Å²) in [5.41, 5.74) is 6.57. The molecule has 1 fully saturated rings. The molecular weight excluding hydrogens is 324 g/mol. The van der Waals surface area contributed by atoms with Gasteiger partial charge in [0.1, 0.15) is 0 Å². The third kappa shape index (κ3) is 6.67. The molecule has 0 spiro atoms. The summed E-state index contributed by atoms with van der Waals surface area (Å²) in [6, 6.07) is 6.29. The molecule has 1 atom stereocenters. The van der Waals surface area contributed by atoms with Crippen LogP contribution in [-0.4, -0.2) is 26.5 Å². The average Bonchev–Trinajstić information content (AvgIpc) is 2.52. The normalized spacial score (nSPS) is 21.8. The SMILES string of the molecule is [B]CCCCC(N)C1CC(NCCCc2ccc(C(F)(F)F)cc2)C1. The van der Waals surface area contributed by atoms with Crippen molar-refractivity contribution < 1.29 is 13.2 Å². The summed E-state index contributed by atoms with van der Waals surface area (Å²) in [5, 5.41) is 3.52. The molecular formula is C19H28BF3N2. The van der Waals surface area contributed by atoms with Gasteiger partial charge in [0, 0.05) is 12.1 Å². The number of hydrogen-bond donors (Lipinski definition) is 2. The number of unbranched alkanes of at least 4 members (excludes halogenated alkanes) is 1. The van der Waals surface area contributed by atoms with Gasteiger partial charge in [0.2, 0.25) is 0 Å². The summed E-state index contributed by atoms with van der Waals surface area (Å²) in [6.07, 6.45) is 3.67. The van der Waals surface area contributed by atoms with E-state index < -0.39 is 11.7 Å².